The molecule has 2 aromatic rings. The second-order valence-electron chi connectivity index (χ2n) is 3.89. The number of para-hydroxylation sites is 1. The SMILES string of the molecule is Cc1ccccc1OCc1ccncc1C(=O)O. The number of aromatic carboxylic acids is 1. The molecule has 1 N–H and O–H groups in total. The molecule has 0 fully saturated rings. The van der Waals surface area contributed by atoms with Crippen molar-refractivity contribution in [1.29, 1.82) is 0 Å². The third kappa shape index (κ3) is 2.66. The van der Waals surface area contributed by atoms with Crippen LogP contribution in [0.15, 0.2) is 42.7 Å². The van der Waals surface area contributed by atoms with Gasteiger partial charge in [-0.3, -0.25) is 4.98 Å². The number of carboxylic acid groups (broad SMARTS) is 1. The molecule has 4 heteroatoms. The molecule has 0 aliphatic carbocycles. The van der Waals surface area contributed by atoms with Gasteiger partial charge in [-0.25, -0.2) is 4.79 Å². The smallest absolute Gasteiger partial charge is 0.337 e. The van der Waals surface area contributed by atoms with Crippen LogP contribution >= 0.6 is 0 Å². The molecule has 0 aliphatic rings. The van der Waals surface area contributed by atoms with E-state index < -0.39 is 5.97 Å². The zero-order valence-corrected chi connectivity index (χ0v) is 9.96. The Balaban J connectivity index is 2.16. The van der Waals surface area contributed by atoms with Crippen molar-refractivity contribution in [2.75, 3.05) is 0 Å². The van der Waals surface area contributed by atoms with Gasteiger partial charge in [0, 0.05) is 18.0 Å². The first-order valence-electron chi connectivity index (χ1n) is 5.53. The number of pyridine rings is 1. The van der Waals surface area contributed by atoms with Gasteiger partial charge in [-0.2, -0.15) is 0 Å². The van der Waals surface area contributed by atoms with E-state index in [-0.39, 0.29) is 12.2 Å². The van der Waals surface area contributed by atoms with Gasteiger partial charge in [0.15, 0.2) is 0 Å². The second-order valence-corrected chi connectivity index (χ2v) is 3.89. The van der Waals surface area contributed by atoms with Crippen LogP contribution in [0.4, 0.5) is 0 Å². The van der Waals surface area contributed by atoms with Crippen LogP contribution in [0.3, 0.4) is 0 Å². The Morgan fingerprint density at radius 2 is 2.11 bits per heavy atom. The normalized spacial score (nSPS) is 10.1. The van der Waals surface area contributed by atoms with Crippen LogP contribution in [0, 0.1) is 6.92 Å². The molecular formula is C14H13NO3. The summed E-state index contributed by atoms with van der Waals surface area (Å²) in [5.41, 5.74) is 1.80. The standard InChI is InChI=1S/C14H13NO3/c1-10-4-2-3-5-13(10)18-9-11-6-7-15-8-12(11)14(16)17/h2-8H,9H2,1H3,(H,16,17). The zero-order valence-electron chi connectivity index (χ0n) is 9.96. The van der Waals surface area contributed by atoms with E-state index in [4.69, 9.17) is 9.84 Å². The third-order valence-electron chi connectivity index (χ3n) is 2.62. The number of aryl methyl sites for hydroxylation is 1. The largest absolute Gasteiger partial charge is 0.489 e. The van der Waals surface area contributed by atoms with Gasteiger partial charge in [0.2, 0.25) is 0 Å². The summed E-state index contributed by atoms with van der Waals surface area (Å²) in [6.07, 6.45) is 2.89. The van der Waals surface area contributed by atoms with Crippen molar-refractivity contribution in [1.82, 2.24) is 4.98 Å². The van der Waals surface area contributed by atoms with E-state index in [1.165, 1.54) is 6.20 Å². The summed E-state index contributed by atoms with van der Waals surface area (Å²) in [6, 6.07) is 9.27. The first-order chi connectivity index (χ1) is 8.68. The highest BCUT2D eigenvalue weighted by atomic mass is 16.5. The number of nitrogens with zero attached hydrogens (tertiary/aromatic N) is 1. The molecule has 92 valence electrons. The van der Waals surface area contributed by atoms with Gasteiger partial charge in [0.05, 0.1) is 5.56 Å². The molecule has 0 saturated heterocycles. The predicted octanol–water partition coefficient (Wildman–Crippen LogP) is 2.67. The molecule has 0 bridgehead atoms. The average molecular weight is 243 g/mol. The lowest BCUT2D eigenvalue weighted by molar-refractivity contribution is 0.0693. The number of hydrogen-bond acceptors (Lipinski definition) is 3. The van der Waals surface area contributed by atoms with Crippen molar-refractivity contribution >= 4 is 5.97 Å². The Bertz CT molecular complexity index is 566. The molecule has 0 amide bonds. The number of benzene rings is 1. The van der Waals surface area contributed by atoms with E-state index in [9.17, 15) is 4.79 Å². The lowest BCUT2D eigenvalue weighted by Gasteiger charge is -2.10. The van der Waals surface area contributed by atoms with Crippen LogP contribution in [0.2, 0.25) is 0 Å². The van der Waals surface area contributed by atoms with E-state index in [1.807, 2.05) is 31.2 Å². The molecule has 1 aromatic carbocycles. The van der Waals surface area contributed by atoms with E-state index >= 15 is 0 Å². The highest BCUT2D eigenvalue weighted by Crippen LogP contribution is 2.18. The lowest BCUT2D eigenvalue weighted by atomic mass is 10.1. The monoisotopic (exact) mass is 243 g/mol. The number of ether oxygens (including phenoxy) is 1. The number of rotatable bonds is 4. The summed E-state index contributed by atoms with van der Waals surface area (Å²) in [5.74, 6) is -0.239. The van der Waals surface area contributed by atoms with Crippen LogP contribution in [-0.2, 0) is 6.61 Å². The summed E-state index contributed by atoms with van der Waals surface area (Å²) in [6.45, 7) is 2.16. The second kappa shape index (κ2) is 5.31. The van der Waals surface area contributed by atoms with Gasteiger partial charge >= 0.3 is 5.97 Å². The maximum atomic E-state index is 11.0. The van der Waals surface area contributed by atoms with Crippen LogP contribution in [0.25, 0.3) is 0 Å². The van der Waals surface area contributed by atoms with Gasteiger partial charge in [-0.05, 0) is 24.6 Å². The lowest BCUT2D eigenvalue weighted by Crippen LogP contribution is -2.06. The minimum Gasteiger partial charge on any atom is -0.489 e. The highest BCUT2D eigenvalue weighted by molar-refractivity contribution is 5.88. The van der Waals surface area contributed by atoms with Crippen LogP contribution < -0.4 is 4.74 Å². The van der Waals surface area contributed by atoms with Crippen molar-refractivity contribution in [3.05, 3.63) is 59.4 Å². The minimum absolute atomic E-state index is 0.172. The fourth-order valence-corrected chi connectivity index (χ4v) is 1.62. The molecule has 18 heavy (non-hydrogen) atoms. The minimum atomic E-state index is -0.994. The van der Waals surface area contributed by atoms with Gasteiger partial charge in [-0.15, -0.1) is 0 Å². The van der Waals surface area contributed by atoms with Crippen molar-refractivity contribution in [2.24, 2.45) is 0 Å². The molecule has 1 heterocycles. The van der Waals surface area contributed by atoms with Crippen LogP contribution in [0.5, 0.6) is 5.75 Å². The van der Waals surface area contributed by atoms with Gasteiger partial charge < -0.3 is 9.84 Å². The number of aromatic nitrogens is 1. The average Bonchev–Trinajstić information content (AvgIpc) is 2.38. The molecule has 2 rings (SSSR count). The Labute approximate surface area is 105 Å². The fraction of sp³-hybridized carbons (Fsp3) is 0.143. The molecule has 1 aromatic heterocycles. The molecule has 0 atom stereocenters. The Morgan fingerprint density at radius 1 is 1.33 bits per heavy atom. The van der Waals surface area contributed by atoms with Crippen molar-refractivity contribution in [3.63, 3.8) is 0 Å². The maximum Gasteiger partial charge on any atom is 0.337 e. The summed E-state index contributed by atoms with van der Waals surface area (Å²) in [7, 11) is 0. The highest BCUT2D eigenvalue weighted by Gasteiger charge is 2.10. The van der Waals surface area contributed by atoms with Gasteiger partial charge in [0.1, 0.15) is 12.4 Å². The first-order valence-corrected chi connectivity index (χ1v) is 5.53. The summed E-state index contributed by atoms with van der Waals surface area (Å²) >= 11 is 0. The summed E-state index contributed by atoms with van der Waals surface area (Å²) in [5, 5.41) is 9.02. The molecule has 0 aliphatic heterocycles. The Hall–Kier alpha value is -2.36. The molecule has 0 unspecified atom stereocenters. The third-order valence-corrected chi connectivity index (χ3v) is 2.62. The van der Waals surface area contributed by atoms with Crippen molar-refractivity contribution in [2.45, 2.75) is 13.5 Å². The summed E-state index contributed by atoms with van der Waals surface area (Å²) < 4.78 is 5.62. The first kappa shape index (κ1) is 12.1. The number of hydrogen-bond donors (Lipinski definition) is 1. The number of carbonyl (C=O) groups is 1. The van der Waals surface area contributed by atoms with Crippen LogP contribution in [-0.4, -0.2) is 16.1 Å². The fourth-order valence-electron chi connectivity index (χ4n) is 1.62. The maximum absolute atomic E-state index is 11.0. The topological polar surface area (TPSA) is 59.4 Å². The Morgan fingerprint density at radius 3 is 2.83 bits per heavy atom. The quantitative estimate of drug-likeness (QED) is 0.896. The van der Waals surface area contributed by atoms with E-state index in [0.29, 0.717) is 5.56 Å². The van der Waals surface area contributed by atoms with E-state index in [0.717, 1.165) is 11.3 Å². The molecule has 0 radical (unpaired) electrons. The van der Waals surface area contributed by atoms with Gasteiger partial charge in [0.25, 0.3) is 0 Å². The molecule has 4 nitrogen and oxygen atoms in total. The van der Waals surface area contributed by atoms with Crippen molar-refractivity contribution < 1.29 is 14.6 Å². The van der Waals surface area contributed by atoms with E-state index in [1.54, 1.807) is 12.3 Å². The van der Waals surface area contributed by atoms with Crippen LogP contribution in [0.1, 0.15) is 21.5 Å². The van der Waals surface area contributed by atoms with Crippen molar-refractivity contribution in [3.8, 4) is 5.75 Å². The number of carboxylic acids is 1. The van der Waals surface area contributed by atoms with E-state index in [2.05, 4.69) is 4.98 Å². The predicted molar refractivity (Wildman–Crippen MR) is 66.7 cm³/mol. The van der Waals surface area contributed by atoms with Gasteiger partial charge in [-0.1, -0.05) is 18.2 Å². The molecular weight excluding hydrogens is 230 g/mol. The summed E-state index contributed by atoms with van der Waals surface area (Å²) in [4.78, 5) is 14.8. The zero-order chi connectivity index (χ0) is 13.0. The Kier molecular flexibility index (Phi) is 3.57. The molecule has 0 saturated carbocycles. The molecule has 0 spiro atoms.